The summed E-state index contributed by atoms with van der Waals surface area (Å²) in [6.45, 7) is 0. The molecule has 230 valence electrons. The summed E-state index contributed by atoms with van der Waals surface area (Å²) < 4.78 is 6.52. The van der Waals surface area contributed by atoms with Gasteiger partial charge < -0.3 is 4.57 Å². The van der Waals surface area contributed by atoms with Gasteiger partial charge >= 0.3 is 0 Å². The minimum Gasteiger partial charge on any atom is -0.301 e. The van der Waals surface area contributed by atoms with Gasteiger partial charge in [0.05, 0.1) is 26.3 Å². The molecule has 0 saturated heterocycles. The second-order valence-corrected chi connectivity index (χ2v) is 14.3. The molecule has 5 heteroatoms. The molecule has 0 bridgehead atoms. The van der Waals surface area contributed by atoms with Crippen molar-refractivity contribution >= 4 is 63.3 Å². The molecule has 6 aromatic carbocycles. The third-order valence-corrected chi connectivity index (χ3v) is 11.8. The quantitative estimate of drug-likeness (QED) is 0.184. The normalized spacial score (nSPS) is 11.7. The Bertz CT molecular complexity index is 2740. The van der Waals surface area contributed by atoms with Gasteiger partial charge in [-0.2, -0.15) is 0 Å². The highest BCUT2D eigenvalue weighted by atomic mass is 32.1. The van der Waals surface area contributed by atoms with E-state index in [1.807, 2.05) is 34.8 Å². The van der Waals surface area contributed by atoms with E-state index < -0.39 is 0 Å². The molecule has 0 fully saturated rings. The van der Waals surface area contributed by atoms with E-state index in [-0.39, 0.29) is 0 Å². The van der Waals surface area contributed by atoms with Crippen LogP contribution < -0.4 is 0 Å². The van der Waals surface area contributed by atoms with Crippen molar-refractivity contribution in [3.8, 4) is 50.7 Å². The van der Waals surface area contributed by atoms with Crippen molar-refractivity contribution < 1.29 is 0 Å². The van der Waals surface area contributed by atoms with E-state index in [0.717, 1.165) is 33.6 Å². The molecule has 0 aliphatic rings. The smallest absolute Gasteiger partial charge is 0.160 e. The minimum absolute atomic E-state index is 0.717. The van der Waals surface area contributed by atoms with Gasteiger partial charge in [0.15, 0.2) is 5.82 Å². The van der Waals surface area contributed by atoms with Crippen LogP contribution >= 0.6 is 22.7 Å². The molecular formula is C44H27N3S2. The molecule has 0 aliphatic carbocycles. The van der Waals surface area contributed by atoms with Crippen LogP contribution in [0.3, 0.4) is 0 Å². The minimum atomic E-state index is 0.717. The number of hydrogen-bond acceptors (Lipinski definition) is 4. The number of rotatable bonds is 5. The van der Waals surface area contributed by atoms with Gasteiger partial charge in [-0.25, -0.2) is 9.97 Å². The number of fused-ring (bicyclic) bond motifs is 7. The number of benzene rings is 6. The first kappa shape index (κ1) is 28.2. The molecule has 0 unspecified atom stereocenters. The molecular weight excluding hydrogens is 635 g/mol. The third kappa shape index (κ3) is 4.70. The molecule has 49 heavy (non-hydrogen) atoms. The molecule has 0 aliphatic heterocycles. The summed E-state index contributed by atoms with van der Waals surface area (Å²) in [5, 5.41) is 3.97. The zero-order valence-electron chi connectivity index (χ0n) is 26.2. The van der Waals surface area contributed by atoms with Crippen molar-refractivity contribution in [2.24, 2.45) is 0 Å². The van der Waals surface area contributed by atoms with E-state index in [0.29, 0.717) is 5.82 Å². The van der Waals surface area contributed by atoms with E-state index in [9.17, 15) is 0 Å². The molecule has 0 amide bonds. The molecule has 0 atom stereocenters. The fraction of sp³-hybridized carbons (Fsp3) is 0. The summed E-state index contributed by atoms with van der Waals surface area (Å²) in [6, 6.07) is 57.9. The summed E-state index contributed by atoms with van der Waals surface area (Å²) in [5.74, 6) is 0.717. The average Bonchev–Trinajstić information content (AvgIpc) is 3.82. The second-order valence-electron chi connectivity index (χ2n) is 12.2. The lowest BCUT2D eigenvalue weighted by molar-refractivity contribution is 1.18. The number of thiophene rings is 2. The molecule has 10 aromatic rings. The molecule has 3 nitrogen and oxygen atoms in total. The van der Waals surface area contributed by atoms with Crippen molar-refractivity contribution in [3.63, 3.8) is 0 Å². The first-order valence-electron chi connectivity index (χ1n) is 16.3. The lowest BCUT2D eigenvalue weighted by Crippen LogP contribution is -1.96. The Morgan fingerprint density at radius 3 is 1.71 bits per heavy atom. The van der Waals surface area contributed by atoms with Crippen LogP contribution in [0.25, 0.3) is 91.3 Å². The van der Waals surface area contributed by atoms with Crippen LogP contribution in [0.5, 0.6) is 0 Å². The lowest BCUT2D eigenvalue weighted by atomic mass is 10.0. The number of hydrogen-bond donors (Lipinski definition) is 0. The van der Waals surface area contributed by atoms with Gasteiger partial charge in [-0.05, 0) is 47.5 Å². The fourth-order valence-corrected chi connectivity index (χ4v) is 9.71. The molecule has 0 radical (unpaired) electrons. The zero-order chi connectivity index (χ0) is 32.3. The van der Waals surface area contributed by atoms with Crippen molar-refractivity contribution in [2.45, 2.75) is 0 Å². The molecule has 0 N–H and O–H groups in total. The predicted octanol–water partition coefficient (Wildman–Crippen LogP) is 12.7. The second kappa shape index (κ2) is 11.4. The Morgan fingerprint density at radius 2 is 1.02 bits per heavy atom. The van der Waals surface area contributed by atoms with Gasteiger partial charge in [-0.3, -0.25) is 0 Å². The molecule has 4 aromatic heterocycles. The van der Waals surface area contributed by atoms with Gasteiger partial charge in [0.2, 0.25) is 0 Å². The van der Waals surface area contributed by atoms with Crippen molar-refractivity contribution in [3.05, 3.63) is 164 Å². The number of nitrogens with zero attached hydrogens (tertiary/aromatic N) is 3. The molecule has 10 rings (SSSR count). The van der Waals surface area contributed by atoms with Crippen LogP contribution in [0.2, 0.25) is 0 Å². The Morgan fingerprint density at radius 1 is 0.429 bits per heavy atom. The van der Waals surface area contributed by atoms with Crippen LogP contribution in [0.15, 0.2) is 164 Å². The van der Waals surface area contributed by atoms with E-state index in [2.05, 4.69) is 156 Å². The maximum atomic E-state index is 5.04. The van der Waals surface area contributed by atoms with Crippen LogP contribution in [0.1, 0.15) is 0 Å². The monoisotopic (exact) mass is 661 g/mol. The summed E-state index contributed by atoms with van der Waals surface area (Å²) in [7, 11) is 0. The van der Waals surface area contributed by atoms with Crippen molar-refractivity contribution in [2.75, 3.05) is 0 Å². The van der Waals surface area contributed by atoms with Gasteiger partial charge in [0.25, 0.3) is 0 Å². The lowest BCUT2D eigenvalue weighted by Gasteiger charge is -2.10. The summed E-state index contributed by atoms with van der Waals surface area (Å²) in [4.78, 5) is 11.4. The van der Waals surface area contributed by atoms with Crippen LogP contribution in [-0.2, 0) is 0 Å². The van der Waals surface area contributed by atoms with Crippen molar-refractivity contribution in [1.82, 2.24) is 14.5 Å². The fourth-order valence-electron chi connectivity index (χ4n) is 6.88. The molecule has 0 saturated carbocycles. The maximum Gasteiger partial charge on any atom is 0.160 e. The zero-order valence-corrected chi connectivity index (χ0v) is 27.9. The number of aromatic nitrogens is 3. The van der Waals surface area contributed by atoms with Crippen molar-refractivity contribution in [1.29, 1.82) is 0 Å². The summed E-state index contributed by atoms with van der Waals surface area (Å²) >= 11 is 3.81. The number of para-hydroxylation sites is 1. The van der Waals surface area contributed by atoms with Crippen LogP contribution in [-0.4, -0.2) is 14.5 Å². The molecule has 0 spiro atoms. The van der Waals surface area contributed by atoms with E-state index in [1.165, 1.54) is 51.9 Å². The van der Waals surface area contributed by atoms with E-state index in [4.69, 9.17) is 9.97 Å². The summed E-state index contributed by atoms with van der Waals surface area (Å²) in [5.41, 5.74) is 9.72. The Labute approximate surface area is 291 Å². The highest BCUT2D eigenvalue weighted by molar-refractivity contribution is 7.36. The Kier molecular flexibility index (Phi) is 6.54. The predicted molar refractivity (Wildman–Crippen MR) is 209 cm³/mol. The highest BCUT2D eigenvalue weighted by Crippen LogP contribution is 2.49. The first-order valence-corrected chi connectivity index (χ1v) is 18.0. The van der Waals surface area contributed by atoms with E-state index in [1.54, 1.807) is 0 Å². The third-order valence-electron chi connectivity index (χ3n) is 9.26. The topological polar surface area (TPSA) is 30.7 Å². The molecule has 4 heterocycles. The Balaban J connectivity index is 1.11. The first-order chi connectivity index (χ1) is 24.3. The largest absolute Gasteiger partial charge is 0.301 e. The maximum absolute atomic E-state index is 5.04. The van der Waals surface area contributed by atoms with Crippen LogP contribution in [0.4, 0.5) is 0 Å². The van der Waals surface area contributed by atoms with Gasteiger partial charge in [-0.1, -0.05) is 127 Å². The Hall–Kier alpha value is -5.88. The standard InChI is InChI=1S/C44H27N3S2/c1-4-12-29(13-5-1)36-27-37(30-14-6-2-7-15-30)46-43(45-36)31-22-20-28(21-23-31)32-24-25-38-35(26-32)40-42-41(34-18-10-11-19-39(34)48-42)49-44(40)47(38)33-16-8-3-9-17-33/h1-27H. The van der Waals surface area contributed by atoms with Crippen LogP contribution in [0, 0.1) is 0 Å². The highest BCUT2D eigenvalue weighted by Gasteiger charge is 2.21. The summed E-state index contributed by atoms with van der Waals surface area (Å²) in [6.07, 6.45) is 0. The van der Waals surface area contributed by atoms with Gasteiger partial charge in [0, 0.05) is 43.2 Å². The average molecular weight is 662 g/mol. The van der Waals surface area contributed by atoms with E-state index >= 15 is 0 Å². The van der Waals surface area contributed by atoms with Gasteiger partial charge in [0.1, 0.15) is 4.83 Å². The van der Waals surface area contributed by atoms with Gasteiger partial charge in [-0.15, -0.1) is 22.7 Å². The SMILES string of the molecule is c1ccc(-c2cc(-c3ccccc3)nc(-c3ccc(-c4ccc5c(c4)c4c6sc7ccccc7c6sc4n5-c4ccccc4)cc3)n2)cc1.